The number of para-hydroxylation sites is 1. The number of hydrogen-bond donors (Lipinski definition) is 0. The van der Waals surface area contributed by atoms with Gasteiger partial charge in [0.25, 0.3) is 5.69 Å². The first-order valence-electron chi connectivity index (χ1n) is 9.15. The van der Waals surface area contributed by atoms with Crippen molar-refractivity contribution in [2.75, 3.05) is 4.90 Å². The van der Waals surface area contributed by atoms with Crippen LogP contribution in [0.4, 0.5) is 16.5 Å². The lowest BCUT2D eigenvalue weighted by Crippen LogP contribution is -2.22. The summed E-state index contributed by atoms with van der Waals surface area (Å²) in [5, 5.41) is 13.2. The van der Waals surface area contributed by atoms with Gasteiger partial charge in [0.2, 0.25) is 5.91 Å². The number of thiazole rings is 1. The molecule has 1 amide bonds. The third-order valence-electron chi connectivity index (χ3n) is 4.32. The number of nitro groups is 1. The van der Waals surface area contributed by atoms with Gasteiger partial charge in [0.15, 0.2) is 5.13 Å². The van der Waals surface area contributed by atoms with E-state index in [9.17, 15) is 19.7 Å². The van der Waals surface area contributed by atoms with E-state index >= 15 is 0 Å². The van der Waals surface area contributed by atoms with E-state index in [4.69, 9.17) is 4.74 Å². The summed E-state index contributed by atoms with van der Waals surface area (Å²) >= 11 is 1.24. The first-order valence-corrected chi connectivity index (χ1v) is 10.0. The molecule has 3 rings (SSSR count). The lowest BCUT2D eigenvalue weighted by molar-refractivity contribution is -0.385. The van der Waals surface area contributed by atoms with Crippen LogP contribution in [0.15, 0.2) is 53.9 Å². The Hall–Kier alpha value is -3.59. The van der Waals surface area contributed by atoms with Gasteiger partial charge in [0.05, 0.1) is 16.3 Å². The molecule has 154 valence electrons. The SMILES string of the molecule is CCc1ccc(N(C(C)=O)c2nc(COC(=O)c3ccccc3[N+](=O)[O-])cs2)cc1. The Morgan fingerprint density at radius 1 is 1.17 bits per heavy atom. The van der Waals surface area contributed by atoms with Crippen molar-refractivity contribution in [3.05, 3.63) is 80.8 Å². The van der Waals surface area contributed by atoms with E-state index in [1.54, 1.807) is 5.38 Å². The fourth-order valence-electron chi connectivity index (χ4n) is 2.80. The minimum absolute atomic E-state index is 0.126. The van der Waals surface area contributed by atoms with Gasteiger partial charge in [0.1, 0.15) is 12.2 Å². The molecule has 0 N–H and O–H groups in total. The van der Waals surface area contributed by atoms with E-state index in [1.165, 1.54) is 47.4 Å². The van der Waals surface area contributed by atoms with E-state index < -0.39 is 10.9 Å². The zero-order valence-electron chi connectivity index (χ0n) is 16.4. The number of nitrogens with zero attached hydrogens (tertiary/aromatic N) is 3. The van der Waals surface area contributed by atoms with Crippen LogP contribution in [0.2, 0.25) is 0 Å². The van der Waals surface area contributed by atoms with Gasteiger partial charge >= 0.3 is 5.97 Å². The van der Waals surface area contributed by atoms with Gasteiger partial charge in [0, 0.05) is 18.4 Å². The number of carbonyl (C=O) groups excluding carboxylic acids is 2. The quantitative estimate of drug-likeness (QED) is 0.310. The van der Waals surface area contributed by atoms with Crippen LogP contribution in [-0.2, 0) is 22.6 Å². The van der Waals surface area contributed by atoms with Gasteiger partial charge in [-0.2, -0.15) is 0 Å². The highest BCUT2D eigenvalue weighted by atomic mass is 32.1. The number of amides is 1. The summed E-state index contributed by atoms with van der Waals surface area (Å²) in [6.45, 7) is 3.33. The number of benzene rings is 2. The number of aromatic nitrogens is 1. The number of ether oxygens (including phenoxy) is 1. The number of rotatable bonds is 7. The molecule has 0 saturated heterocycles. The summed E-state index contributed by atoms with van der Waals surface area (Å²) in [6.07, 6.45) is 0.896. The Labute approximate surface area is 176 Å². The summed E-state index contributed by atoms with van der Waals surface area (Å²) in [6, 6.07) is 13.2. The minimum Gasteiger partial charge on any atom is -0.455 e. The lowest BCUT2D eigenvalue weighted by Gasteiger charge is -2.18. The van der Waals surface area contributed by atoms with E-state index in [-0.39, 0.29) is 23.8 Å². The van der Waals surface area contributed by atoms with Crippen LogP contribution in [0.5, 0.6) is 0 Å². The molecule has 0 atom stereocenters. The first kappa shape index (κ1) is 21.1. The van der Waals surface area contributed by atoms with Crippen molar-refractivity contribution in [2.45, 2.75) is 26.9 Å². The molecule has 0 aliphatic heterocycles. The van der Waals surface area contributed by atoms with Crippen molar-refractivity contribution < 1.29 is 19.2 Å². The molecule has 0 radical (unpaired) electrons. The zero-order valence-corrected chi connectivity index (χ0v) is 17.2. The van der Waals surface area contributed by atoms with Crippen LogP contribution in [0, 0.1) is 10.1 Å². The Kier molecular flexibility index (Phi) is 6.53. The number of nitro benzene ring substituents is 1. The van der Waals surface area contributed by atoms with Crippen LogP contribution >= 0.6 is 11.3 Å². The Morgan fingerprint density at radius 3 is 2.50 bits per heavy atom. The number of esters is 1. The van der Waals surface area contributed by atoms with Crippen molar-refractivity contribution in [3.63, 3.8) is 0 Å². The fraction of sp³-hybridized carbons (Fsp3) is 0.190. The molecule has 0 saturated carbocycles. The monoisotopic (exact) mass is 425 g/mol. The zero-order chi connectivity index (χ0) is 21.7. The second-order valence-corrected chi connectivity index (χ2v) is 7.18. The van der Waals surface area contributed by atoms with Gasteiger partial charge in [-0.15, -0.1) is 11.3 Å². The normalized spacial score (nSPS) is 10.5. The van der Waals surface area contributed by atoms with Gasteiger partial charge < -0.3 is 4.74 Å². The second-order valence-electron chi connectivity index (χ2n) is 6.35. The summed E-state index contributed by atoms with van der Waals surface area (Å²) in [5.74, 6) is -1.01. The first-order chi connectivity index (χ1) is 14.4. The summed E-state index contributed by atoms with van der Waals surface area (Å²) < 4.78 is 5.19. The predicted molar refractivity (Wildman–Crippen MR) is 113 cm³/mol. The molecule has 0 fully saturated rings. The summed E-state index contributed by atoms with van der Waals surface area (Å²) in [7, 11) is 0. The predicted octanol–water partition coefficient (Wildman–Crippen LogP) is 4.66. The molecule has 8 nitrogen and oxygen atoms in total. The van der Waals surface area contributed by atoms with Crippen LogP contribution in [0.25, 0.3) is 0 Å². The van der Waals surface area contributed by atoms with Crippen LogP contribution < -0.4 is 4.90 Å². The molecule has 0 bridgehead atoms. The number of anilines is 2. The highest BCUT2D eigenvalue weighted by Crippen LogP contribution is 2.29. The average molecular weight is 425 g/mol. The number of carbonyl (C=O) groups is 2. The number of aryl methyl sites for hydroxylation is 1. The standard InChI is InChI=1S/C21H19N3O5S/c1-3-15-8-10-17(11-9-15)23(14(2)25)21-22-16(13-30-21)12-29-20(26)18-6-4-5-7-19(18)24(27)28/h4-11,13H,3,12H2,1-2H3. The topological polar surface area (TPSA) is 103 Å². The van der Waals surface area contributed by atoms with Crippen molar-refractivity contribution in [2.24, 2.45) is 0 Å². The third-order valence-corrected chi connectivity index (χ3v) is 5.20. The van der Waals surface area contributed by atoms with Crippen LogP contribution in [0.3, 0.4) is 0 Å². The van der Waals surface area contributed by atoms with Gasteiger partial charge in [-0.1, -0.05) is 31.2 Å². The summed E-state index contributed by atoms with van der Waals surface area (Å²) in [5.41, 5.74) is 1.85. The summed E-state index contributed by atoms with van der Waals surface area (Å²) in [4.78, 5) is 40.8. The van der Waals surface area contributed by atoms with E-state index in [0.717, 1.165) is 12.0 Å². The van der Waals surface area contributed by atoms with Crippen LogP contribution in [-0.4, -0.2) is 21.8 Å². The largest absolute Gasteiger partial charge is 0.455 e. The van der Waals surface area contributed by atoms with Gasteiger partial charge in [-0.05, 0) is 30.2 Å². The minimum atomic E-state index is -0.810. The van der Waals surface area contributed by atoms with Crippen molar-refractivity contribution in [3.8, 4) is 0 Å². The Bertz CT molecular complexity index is 1080. The molecule has 2 aromatic carbocycles. The highest BCUT2D eigenvalue weighted by Gasteiger charge is 2.22. The molecule has 1 aromatic heterocycles. The van der Waals surface area contributed by atoms with Crippen molar-refractivity contribution in [1.82, 2.24) is 4.98 Å². The molecular weight excluding hydrogens is 406 g/mol. The second kappa shape index (κ2) is 9.27. The van der Waals surface area contributed by atoms with Crippen LogP contribution in [0.1, 0.15) is 35.5 Å². The maximum absolute atomic E-state index is 12.3. The average Bonchev–Trinajstić information content (AvgIpc) is 3.20. The molecule has 0 aliphatic carbocycles. The molecule has 0 spiro atoms. The van der Waals surface area contributed by atoms with Gasteiger partial charge in [-0.25, -0.2) is 9.78 Å². The fourth-order valence-corrected chi connectivity index (χ4v) is 3.67. The van der Waals surface area contributed by atoms with E-state index in [2.05, 4.69) is 11.9 Å². The molecule has 0 aliphatic rings. The lowest BCUT2D eigenvalue weighted by atomic mass is 10.1. The highest BCUT2D eigenvalue weighted by molar-refractivity contribution is 7.14. The van der Waals surface area contributed by atoms with E-state index in [1.807, 2.05) is 24.3 Å². The number of hydrogen-bond acceptors (Lipinski definition) is 7. The molecule has 9 heteroatoms. The molecule has 1 heterocycles. The third kappa shape index (κ3) is 4.69. The maximum atomic E-state index is 12.3. The Morgan fingerprint density at radius 2 is 1.87 bits per heavy atom. The molecular formula is C21H19N3O5S. The maximum Gasteiger partial charge on any atom is 0.345 e. The molecule has 3 aromatic rings. The van der Waals surface area contributed by atoms with Crippen molar-refractivity contribution >= 4 is 39.7 Å². The van der Waals surface area contributed by atoms with E-state index in [0.29, 0.717) is 16.5 Å². The Balaban J connectivity index is 1.74. The van der Waals surface area contributed by atoms with Gasteiger partial charge in [-0.3, -0.25) is 19.8 Å². The molecule has 30 heavy (non-hydrogen) atoms. The molecule has 0 unspecified atom stereocenters. The smallest absolute Gasteiger partial charge is 0.345 e. The van der Waals surface area contributed by atoms with Crippen molar-refractivity contribution in [1.29, 1.82) is 0 Å².